The van der Waals surface area contributed by atoms with Gasteiger partial charge >= 0.3 is 5.97 Å². The lowest BCUT2D eigenvalue weighted by molar-refractivity contribution is -0.384. The van der Waals surface area contributed by atoms with Gasteiger partial charge in [-0.2, -0.15) is 11.8 Å². The quantitative estimate of drug-likeness (QED) is 0.338. The third-order valence-corrected chi connectivity index (χ3v) is 5.26. The molecule has 0 bridgehead atoms. The Morgan fingerprint density at radius 3 is 2.55 bits per heavy atom. The standard InChI is InChI=1S/C19H18Cl2N2O5S/c1-29-9-8-17(19(25)28-11-12-4-2-3-5-15(12)20)22-18(24)14-7-6-13(23(26)27)10-16(14)21/h2-7,10,17H,8-9,11H2,1H3,(H,22,24). The van der Waals surface area contributed by atoms with Gasteiger partial charge in [-0.1, -0.05) is 41.4 Å². The predicted molar refractivity (Wildman–Crippen MR) is 114 cm³/mol. The van der Waals surface area contributed by atoms with Crippen molar-refractivity contribution in [3.63, 3.8) is 0 Å². The van der Waals surface area contributed by atoms with Crippen molar-refractivity contribution in [1.82, 2.24) is 5.32 Å². The maximum atomic E-state index is 12.6. The molecule has 0 heterocycles. The number of hydrogen-bond donors (Lipinski definition) is 1. The Hall–Kier alpha value is -2.29. The molecule has 0 spiro atoms. The summed E-state index contributed by atoms with van der Waals surface area (Å²) in [6.45, 7) is -0.0254. The van der Waals surface area contributed by atoms with Crippen LogP contribution in [-0.2, 0) is 16.1 Å². The fraction of sp³-hybridized carbons (Fsp3) is 0.263. The van der Waals surface area contributed by atoms with Crippen molar-refractivity contribution in [3.8, 4) is 0 Å². The van der Waals surface area contributed by atoms with Crippen molar-refractivity contribution in [1.29, 1.82) is 0 Å². The van der Waals surface area contributed by atoms with Gasteiger partial charge in [-0.05, 0) is 30.6 Å². The van der Waals surface area contributed by atoms with Crippen LogP contribution >= 0.6 is 35.0 Å². The first-order valence-corrected chi connectivity index (χ1v) is 10.6. The van der Waals surface area contributed by atoms with Crippen LogP contribution in [-0.4, -0.2) is 34.9 Å². The summed E-state index contributed by atoms with van der Waals surface area (Å²) in [6.07, 6.45) is 2.22. The highest BCUT2D eigenvalue weighted by atomic mass is 35.5. The van der Waals surface area contributed by atoms with E-state index in [2.05, 4.69) is 5.32 Å². The number of esters is 1. The fourth-order valence-electron chi connectivity index (χ4n) is 2.39. The number of nitrogens with one attached hydrogen (secondary N) is 1. The van der Waals surface area contributed by atoms with Crippen molar-refractivity contribution in [2.45, 2.75) is 19.1 Å². The summed E-state index contributed by atoms with van der Waals surface area (Å²) in [6, 6.07) is 9.58. The van der Waals surface area contributed by atoms with Crippen molar-refractivity contribution < 1.29 is 19.2 Å². The number of nitrogens with zero attached hydrogens (tertiary/aromatic N) is 1. The second-order valence-electron chi connectivity index (χ2n) is 5.93. The van der Waals surface area contributed by atoms with E-state index in [9.17, 15) is 19.7 Å². The molecule has 2 aromatic rings. The summed E-state index contributed by atoms with van der Waals surface area (Å²) < 4.78 is 5.32. The number of carbonyl (C=O) groups is 2. The smallest absolute Gasteiger partial charge is 0.329 e. The van der Waals surface area contributed by atoms with E-state index in [1.54, 1.807) is 24.3 Å². The van der Waals surface area contributed by atoms with Crippen molar-refractivity contribution in [3.05, 3.63) is 73.8 Å². The minimum atomic E-state index is -0.899. The Labute approximate surface area is 181 Å². The Bertz CT molecular complexity index is 910. The Balaban J connectivity index is 2.09. The molecule has 1 atom stereocenters. The third-order valence-electron chi connectivity index (χ3n) is 3.94. The number of non-ortho nitro benzene ring substituents is 1. The van der Waals surface area contributed by atoms with E-state index < -0.39 is 22.8 Å². The molecule has 154 valence electrons. The highest BCUT2D eigenvalue weighted by molar-refractivity contribution is 7.98. The monoisotopic (exact) mass is 456 g/mol. The minimum absolute atomic E-state index is 0.0254. The fourth-order valence-corrected chi connectivity index (χ4v) is 3.31. The summed E-state index contributed by atoms with van der Waals surface area (Å²) in [4.78, 5) is 35.3. The summed E-state index contributed by atoms with van der Waals surface area (Å²) >= 11 is 13.6. The number of nitro groups is 1. The maximum absolute atomic E-state index is 12.6. The summed E-state index contributed by atoms with van der Waals surface area (Å²) in [5.74, 6) is -0.615. The highest BCUT2D eigenvalue weighted by Gasteiger charge is 2.24. The molecule has 7 nitrogen and oxygen atoms in total. The van der Waals surface area contributed by atoms with Crippen LogP contribution in [0.4, 0.5) is 5.69 Å². The van der Waals surface area contributed by atoms with Gasteiger partial charge in [-0.15, -0.1) is 0 Å². The molecule has 0 saturated heterocycles. The zero-order valence-electron chi connectivity index (χ0n) is 15.4. The molecule has 1 amide bonds. The van der Waals surface area contributed by atoms with Gasteiger partial charge in [0, 0.05) is 22.7 Å². The van der Waals surface area contributed by atoms with Crippen molar-refractivity contribution in [2.24, 2.45) is 0 Å². The molecule has 29 heavy (non-hydrogen) atoms. The van der Waals surface area contributed by atoms with Gasteiger partial charge in [0.15, 0.2) is 0 Å². The van der Waals surface area contributed by atoms with Gasteiger partial charge in [0.05, 0.1) is 15.5 Å². The Morgan fingerprint density at radius 2 is 1.93 bits per heavy atom. The van der Waals surface area contributed by atoms with Crippen molar-refractivity contribution >= 4 is 52.5 Å². The van der Waals surface area contributed by atoms with Crippen LogP contribution in [0.2, 0.25) is 10.0 Å². The normalized spacial score (nSPS) is 11.6. The molecule has 2 rings (SSSR count). The number of amides is 1. The lowest BCUT2D eigenvalue weighted by Crippen LogP contribution is -2.42. The van der Waals surface area contributed by atoms with E-state index >= 15 is 0 Å². The SMILES string of the molecule is CSCCC(NC(=O)c1ccc([N+](=O)[O-])cc1Cl)C(=O)OCc1ccccc1Cl. The molecular weight excluding hydrogens is 439 g/mol. The molecule has 0 saturated carbocycles. The number of hydrogen-bond acceptors (Lipinski definition) is 6. The van der Waals surface area contributed by atoms with Crippen LogP contribution < -0.4 is 5.32 Å². The second kappa shape index (κ2) is 11.0. The van der Waals surface area contributed by atoms with Crippen molar-refractivity contribution in [2.75, 3.05) is 12.0 Å². The van der Waals surface area contributed by atoms with Crippen LogP contribution in [0.15, 0.2) is 42.5 Å². The molecule has 0 fully saturated rings. The van der Waals surface area contributed by atoms with E-state index in [1.807, 2.05) is 6.26 Å². The Kier molecular flexibility index (Phi) is 8.75. The average molecular weight is 457 g/mol. The third kappa shape index (κ3) is 6.62. The highest BCUT2D eigenvalue weighted by Crippen LogP contribution is 2.23. The number of benzene rings is 2. The molecule has 0 aliphatic heterocycles. The second-order valence-corrected chi connectivity index (χ2v) is 7.73. The molecule has 0 aliphatic carbocycles. The number of ether oxygens (including phenoxy) is 1. The molecule has 0 aromatic heterocycles. The minimum Gasteiger partial charge on any atom is -0.459 e. The van der Waals surface area contributed by atoms with Crippen LogP contribution in [0, 0.1) is 10.1 Å². The summed E-state index contributed by atoms with van der Waals surface area (Å²) in [5.41, 5.74) is 0.450. The van der Waals surface area contributed by atoms with Gasteiger partial charge in [-0.3, -0.25) is 14.9 Å². The Morgan fingerprint density at radius 1 is 1.21 bits per heavy atom. The first kappa shape index (κ1) is 23.0. The van der Waals surface area contributed by atoms with E-state index in [4.69, 9.17) is 27.9 Å². The zero-order valence-corrected chi connectivity index (χ0v) is 17.7. The maximum Gasteiger partial charge on any atom is 0.329 e. The van der Waals surface area contributed by atoms with Gasteiger partial charge < -0.3 is 10.1 Å². The van der Waals surface area contributed by atoms with Gasteiger partial charge in [0.2, 0.25) is 0 Å². The number of nitro benzene ring substituents is 1. The number of carbonyl (C=O) groups excluding carboxylic acids is 2. The van der Waals surface area contributed by atoms with E-state index in [0.29, 0.717) is 22.8 Å². The topological polar surface area (TPSA) is 98.5 Å². The molecule has 2 aromatic carbocycles. The largest absolute Gasteiger partial charge is 0.459 e. The van der Waals surface area contributed by atoms with Gasteiger partial charge in [0.25, 0.3) is 11.6 Å². The number of halogens is 2. The first-order chi connectivity index (χ1) is 13.8. The summed E-state index contributed by atoms with van der Waals surface area (Å²) in [7, 11) is 0. The summed E-state index contributed by atoms with van der Waals surface area (Å²) in [5, 5.41) is 13.8. The van der Waals surface area contributed by atoms with Crippen LogP contribution in [0.3, 0.4) is 0 Å². The molecular formula is C19H18Cl2N2O5S. The van der Waals surface area contributed by atoms with E-state index in [0.717, 1.165) is 6.07 Å². The zero-order chi connectivity index (χ0) is 21.4. The van der Waals surface area contributed by atoms with Crippen LogP contribution in [0.5, 0.6) is 0 Å². The van der Waals surface area contributed by atoms with Crippen LogP contribution in [0.1, 0.15) is 22.3 Å². The number of rotatable bonds is 9. The predicted octanol–water partition coefficient (Wildman–Crippen LogP) is 4.50. The van der Waals surface area contributed by atoms with Gasteiger partial charge in [0.1, 0.15) is 12.6 Å². The lowest BCUT2D eigenvalue weighted by Gasteiger charge is -2.18. The van der Waals surface area contributed by atoms with E-state index in [1.165, 1.54) is 23.9 Å². The first-order valence-electron chi connectivity index (χ1n) is 8.47. The molecule has 10 heteroatoms. The molecule has 1 unspecified atom stereocenters. The molecule has 0 aliphatic rings. The molecule has 1 N–H and O–H groups in total. The average Bonchev–Trinajstić information content (AvgIpc) is 2.69. The molecule has 0 radical (unpaired) electrons. The van der Waals surface area contributed by atoms with E-state index in [-0.39, 0.29) is 22.9 Å². The van der Waals surface area contributed by atoms with Gasteiger partial charge in [-0.25, -0.2) is 4.79 Å². The van der Waals surface area contributed by atoms with Crippen LogP contribution in [0.25, 0.3) is 0 Å². The number of thioether (sulfide) groups is 1. The lowest BCUT2D eigenvalue weighted by atomic mass is 10.1.